The third-order valence-electron chi connectivity index (χ3n) is 4.09. The Bertz CT molecular complexity index is 452. The van der Waals surface area contributed by atoms with Gasteiger partial charge in [-0.25, -0.2) is 0 Å². The Morgan fingerprint density at radius 1 is 1.47 bits per heavy atom. The summed E-state index contributed by atoms with van der Waals surface area (Å²) < 4.78 is 7.19. The molecule has 1 aromatic carbocycles. The van der Waals surface area contributed by atoms with Crippen molar-refractivity contribution in [1.29, 1.82) is 0 Å². The molecule has 2 atom stereocenters. The molecule has 2 aliphatic heterocycles. The molecule has 0 spiro atoms. The minimum atomic E-state index is 0.331. The normalized spacial score (nSPS) is 26.4. The number of hydrogen-bond donors (Lipinski definition) is 1. The van der Waals surface area contributed by atoms with E-state index in [-0.39, 0.29) is 0 Å². The van der Waals surface area contributed by atoms with E-state index in [9.17, 15) is 0 Å². The van der Waals surface area contributed by atoms with Crippen LogP contribution in [-0.4, -0.2) is 44.2 Å². The van der Waals surface area contributed by atoms with Crippen molar-refractivity contribution < 1.29 is 4.74 Å². The number of likely N-dealkylation sites (tertiary alicyclic amines) is 1. The minimum absolute atomic E-state index is 0.331. The van der Waals surface area contributed by atoms with Crippen molar-refractivity contribution in [1.82, 2.24) is 10.2 Å². The van der Waals surface area contributed by atoms with Crippen molar-refractivity contribution in [3.05, 3.63) is 28.2 Å². The van der Waals surface area contributed by atoms with Crippen LogP contribution in [0.25, 0.3) is 0 Å². The molecule has 3 rings (SSSR count). The zero-order valence-electron chi connectivity index (χ0n) is 11.4. The molecule has 1 N–H and O–H groups in total. The molecule has 0 radical (unpaired) electrons. The van der Waals surface area contributed by atoms with Crippen molar-refractivity contribution >= 4 is 15.9 Å². The number of ether oxygens (including phenoxy) is 1. The van der Waals surface area contributed by atoms with Crippen LogP contribution in [0.2, 0.25) is 0 Å². The number of fused-ring (bicyclic) bond motifs is 1. The Kier molecular flexibility index (Phi) is 4.10. The molecule has 1 saturated heterocycles. The second-order valence-electron chi connectivity index (χ2n) is 5.67. The second kappa shape index (κ2) is 5.81. The van der Waals surface area contributed by atoms with Gasteiger partial charge < -0.3 is 10.1 Å². The van der Waals surface area contributed by atoms with E-state index >= 15 is 0 Å². The largest absolute Gasteiger partial charge is 0.488 e. The number of nitrogens with one attached hydrogen (secondary N) is 1. The molecular weight excluding hydrogens is 304 g/mol. The summed E-state index contributed by atoms with van der Waals surface area (Å²) in [6, 6.07) is 6.32. The van der Waals surface area contributed by atoms with Gasteiger partial charge in [0, 0.05) is 24.0 Å². The highest BCUT2D eigenvalue weighted by Gasteiger charge is 2.28. The Labute approximate surface area is 123 Å². The molecule has 0 amide bonds. The summed E-state index contributed by atoms with van der Waals surface area (Å²) in [4.78, 5) is 2.55. The number of hydrogen-bond acceptors (Lipinski definition) is 3. The van der Waals surface area contributed by atoms with Crippen LogP contribution >= 0.6 is 15.9 Å². The van der Waals surface area contributed by atoms with Gasteiger partial charge in [-0.3, -0.25) is 4.90 Å². The summed E-state index contributed by atoms with van der Waals surface area (Å²) in [5, 5.41) is 3.28. The molecule has 104 valence electrons. The molecular formula is C15H21BrN2O. The van der Waals surface area contributed by atoms with Gasteiger partial charge in [0.1, 0.15) is 11.9 Å². The Hall–Kier alpha value is -0.580. The van der Waals surface area contributed by atoms with Crippen LogP contribution in [0.1, 0.15) is 12.0 Å². The van der Waals surface area contributed by atoms with Crippen LogP contribution in [0.4, 0.5) is 0 Å². The van der Waals surface area contributed by atoms with Gasteiger partial charge in [-0.1, -0.05) is 15.9 Å². The Balaban J connectivity index is 1.54. The SMILES string of the molecule is CNCC1CCN(CC2Cc3cc(Br)ccc3O2)C1. The molecule has 4 heteroatoms. The molecule has 3 nitrogen and oxygen atoms in total. The third-order valence-corrected chi connectivity index (χ3v) is 4.58. The second-order valence-corrected chi connectivity index (χ2v) is 6.58. The van der Waals surface area contributed by atoms with Crippen LogP contribution in [-0.2, 0) is 6.42 Å². The molecule has 0 aliphatic carbocycles. The number of halogens is 1. The smallest absolute Gasteiger partial charge is 0.123 e. The van der Waals surface area contributed by atoms with Crippen LogP contribution in [0.3, 0.4) is 0 Å². The first-order valence-corrected chi connectivity index (χ1v) is 7.86. The van der Waals surface area contributed by atoms with Crippen molar-refractivity contribution in [3.63, 3.8) is 0 Å². The first-order valence-electron chi connectivity index (χ1n) is 7.06. The van der Waals surface area contributed by atoms with E-state index in [0.29, 0.717) is 6.10 Å². The van der Waals surface area contributed by atoms with E-state index in [1.165, 1.54) is 25.1 Å². The fourth-order valence-corrected chi connectivity index (χ4v) is 3.62. The number of nitrogens with zero attached hydrogens (tertiary/aromatic N) is 1. The maximum absolute atomic E-state index is 6.04. The van der Waals surface area contributed by atoms with E-state index in [1.54, 1.807) is 0 Å². The zero-order valence-corrected chi connectivity index (χ0v) is 12.9. The van der Waals surface area contributed by atoms with Gasteiger partial charge in [0.15, 0.2) is 0 Å². The predicted octanol–water partition coefficient (Wildman–Crippen LogP) is 2.29. The Morgan fingerprint density at radius 3 is 3.21 bits per heavy atom. The highest BCUT2D eigenvalue weighted by Crippen LogP contribution is 2.32. The number of benzene rings is 1. The summed E-state index contributed by atoms with van der Waals surface area (Å²) in [6.07, 6.45) is 2.69. The van der Waals surface area contributed by atoms with E-state index in [1.807, 2.05) is 7.05 Å². The van der Waals surface area contributed by atoms with Gasteiger partial charge in [0.05, 0.1) is 0 Å². The van der Waals surface area contributed by atoms with Gasteiger partial charge in [0.2, 0.25) is 0 Å². The molecule has 0 aromatic heterocycles. The van der Waals surface area contributed by atoms with E-state index in [2.05, 4.69) is 44.3 Å². The molecule has 1 aromatic rings. The monoisotopic (exact) mass is 324 g/mol. The zero-order chi connectivity index (χ0) is 13.2. The molecule has 1 fully saturated rings. The van der Waals surface area contributed by atoms with Gasteiger partial charge in [-0.2, -0.15) is 0 Å². The van der Waals surface area contributed by atoms with Crippen molar-refractivity contribution in [3.8, 4) is 5.75 Å². The number of rotatable bonds is 4. The predicted molar refractivity (Wildman–Crippen MR) is 80.7 cm³/mol. The maximum Gasteiger partial charge on any atom is 0.123 e. The van der Waals surface area contributed by atoms with Crippen molar-refractivity contribution in [2.24, 2.45) is 5.92 Å². The summed E-state index contributed by atoms with van der Waals surface area (Å²) in [7, 11) is 2.04. The summed E-state index contributed by atoms with van der Waals surface area (Å²) in [5.74, 6) is 1.88. The van der Waals surface area contributed by atoms with Gasteiger partial charge >= 0.3 is 0 Å². The van der Waals surface area contributed by atoms with E-state index < -0.39 is 0 Å². The standard InChI is InChI=1S/C15H21BrN2O/c1-17-8-11-4-5-18(9-11)10-14-7-12-6-13(16)2-3-15(12)19-14/h2-3,6,11,14,17H,4-5,7-10H2,1H3. The summed E-state index contributed by atoms with van der Waals surface area (Å²) >= 11 is 3.53. The van der Waals surface area contributed by atoms with Gasteiger partial charge in [0.25, 0.3) is 0 Å². The Morgan fingerprint density at radius 2 is 2.37 bits per heavy atom. The molecule has 0 saturated carbocycles. The molecule has 19 heavy (non-hydrogen) atoms. The summed E-state index contributed by atoms with van der Waals surface area (Å²) in [6.45, 7) is 4.62. The lowest BCUT2D eigenvalue weighted by atomic mass is 10.1. The van der Waals surface area contributed by atoms with Crippen LogP contribution in [0.5, 0.6) is 5.75 Å². The van der Waals surface area contributed by atoms with Crippen LogP contribution in [0, 0.1) is 5.92 Å². The molecule has 2 heterocycles. The minimum Gasteiger partial charge on any atom is -0.488 e. The molecule has 2 aliphatic rings. The molecule has 0 bridgehead atoms. The van der Waals surface area contributed by atoms with Crippen molar-refractivity contribution in [2.45, 2.75) is 18.9 Å². The highest BCUT2D eigenvalue weighted by molar-refractivity contribution is 9.10. The van der Waals surface area contributed by atoms with Gasteiger partial charge in [-0.05, 0) is 56.2 Å². The lowest BCUT2D eigenvalue weighted by Gasteiger charge is -2.20. The topological polar surface area (TPSA) is 24.5 Å². The lowest BCUT2D eigenvalue weighted by Crippen LogP contribution is -2.34. The maximum atomic E-state index is 6.04. The average molecular weight is 325 g/mol. The van der Waals surface area contributed by atoms with E-state index in [0.717, 1.165) is 35.7 Å². The third kappa shape index (κ3) is 3.12. The van der Waals surface area contributed by atoms with Gasteiger partial charge in [-0.15, -0.1) is 0 Å². The fraction of sp³-hybridized carbons (Fsp3) is 0.600. The lowest BCUT2D eigenvalue weighted by molar-refractivity contribution is 0.165. The van der Waals surface area contributed by atoms with E-state index in [4.69, 9.17) is 4.74 Å². The van der Waals surface area contributed by atoms with Crippen molar-refractivity contribution in [2.75, 3.05) is 33.2 Å². The van der Waals surface area contributed by atoms with Crippen LogP contribution < -0.4 is 10.1 Å². The molecule has 2 unspecified atom stereocenters. The summed E-state index contributed by atoms with van der Waals surface area (Å²) in [5.41, 5.74) is 1.34. The highest BCUT2D eigenvalue weighted by atomic mass is 79.9. The first-order chi connectivity index (χ1) is 9.24. The quantitative estimate of drug-likeness (QED) is 0.919. The average Bonchev–Trinajstić information content (AvgIpc) is 2.96. The fourth-order valence-electron chi connectivity index (χ4n) is 3.21. The first kappa shape index (κ1) is 13.4. The van der Waals surface area contributed by atoms with Crippen LogP contribution in [0.15, 0.2) is 22.7 Å².